The molecule has 2 rings (SSSR count). The Morgan fingerprint density at radius 1 is 1.08 bits per heavy atom. The van der Waals surface area contributed by atoms with Gasteiger partial charge in [0.25, 0.3) is 5.91 Å². The van der Waals surface area contributed by atoms with E-state index in [9.17, 15) is 4.79 Å². The monoisotopic (exact) mass is 340 g/mol. The number of pyridine rings is 2. The van der Waals surface area contributed by atoms with Gasteiger partial charge in [0.15, 0.2) is 5.96 Å². The molecule has 0 unspecified atom stereocenters. The fraction of sp³-hybridized carbons (Fsp3) is 0.333. The van der Waals surface area contributed by atoms with E-state index in [1.54, 1.807) is 30.7 Å². The molecule has 7 nitrogen and oxygen atoms in total. The van der Waals surface area contributed by atoms with Crippen LogP contribution in [0.15, 0.2) is 53.9 Å². The molecule has 0 saturated heterocycles. The van der Waals surface area contributed by atoms with Crippen molar-refractivity contribution in [2.24, 2.45) is 4.99 Å². The Morgan fingerprint density at radius 3 is 2.68 bits per heavy atom. The van der Waals surface area contributed by atoms with Crippen molar-refractivity contribution in [2.45, 2.75) is 13.3 Å². The molecule has 0 spiro atoms. The molecule has 2 heterocycles. The van der Waals surface area contributed by atoms with Crippen molar-refractivity contribution < 1.29 is 4.79 Å². The molecule has 7 heteroatoms. The molecule has 0 aliphatic heterocycles. The van der Waals surface area contributed by atoms with Gasteiger partial charge >= 0.3 is 0 Å². The number of aromatic nitrogens is 2. The molecule has 3 N–H and O–H groups in total. The van der Waals surface area contributed by atoms with Gasteiger partial charge in [-0.25, -0.2) is 0 Å². The number of hydrogen-bond acceptors (Lipinski definition) is 4. The summed E-state index contributed by atoms with van der Waals surface area (Å²) in [5.41, 5.74) is 1.57. The smallest absolute Gasteiger partial charge is 0.252 e. The first kappa shape index (κ1) is 18.4. The summed E-state index contributed by atoms with van der Waals surface area (Å²) in [5, 5.41) is 9.23. The van der Waals surface area contributed by atoms with Crippen LogP contribution in [0.5, 0.6) is 0 Å². The van der Waals surface area contributed by atoms with Crippen LogP contribution in [-0.2, 0) is 6.42 Å². The highest BCUT2D eigenvalue weighted by Crippen LogP contribution is 1.95. The lowest BCUT2D eigenvalue weighted by Crippen LogP contribution is -2.41. The highest BCUT2D eigenvalue weighted by atomic mass is 16.1. The van der Waals surface area contributed by atoms with Gasteiger partial charge < -0.3 is 16.0 Å². The molecule has 0 radical (unpaired) electrons. The minimum absolute atomic E-state index is 0.132. The molecule has 0 aliphatic carbocycles. The maximum atomic E-state index is 11.9. The van der Waals surface area contributed by atoms with E-state index in [1.165, 1.54) is 0 Å². The average Bonchev–Trinajstić information content (AvgIpc) is 2.66. The Hall–Kier alpha value is -2.96. The molecule has 0 aromatic carbocycles. The molecule has 0 aliphatic rings. The highest BCUT2D eigenvalue weighted by Gasteiger charge is 2.04. The van der Waals surface area contributed by atoms with Gasteiger partial charge in [0, 0.05) is 56.9 Å². The first-order chi connectivity index (χ1) is 12.3. The lowest BCUT2D eigenvalue weighted by molar-refractivity contribution is 0.0954. The first-order valence-electron chi connectivity index (χ1n) is 8.40. The number of guanidine groups is 1. The summed E-state index contributed by atoms with van der Waals surface area (Å²) in [6.45, 7) is 4.52. The fourth-order valence-electron chi connectivity index (χ4n) is 2.13. The zero-order valence-electron chi connectivity index (χ0n) is 14.4. The maximum Gasteiger partial charge on any atom is 0.252 e. The van der Waals surface area contributed by atoms with Crippen LogP contribution in [0.1, 0.15) is 23.0 Å². The molecule has 0 fully saturated rings. The van der Waals surface area contributed by atoms with Crippen molar-refractivity contribution in [2.75, 3.05) is 26.2 Å². The standard InChI is InChI=1S/C18H24N6O/c1-2-20-18(23-11-8-16-7-3-4-10-21-16)24-13-12-22-17(25)15-6-5-9-19-14-15/h3-7,9-10,14H,2,8,11-13H2,1H3,(H,22,25)(H2,20,23,24). The number of nitrogens with zero attached hydrogens (tertiary/aromatic N) is 3. The number of nitrogens with one attached hydrogen (secondary N) is 3. The Balaban J connectivity index is 1.71. The third kappa shape index (κ3) is 6.99. The summed E-state index contributed by atoms with van der Waals surface area (Å²) >= 11 is 0. The number of rotatable bonds is 8. The Morgan fingerprint density at radius 2 is 1.96 bits per heavy atom. The quantitative estimate of drug-likeness (QED) is 0.379. The van der Waals surface area contributed by atoms with E-state index < -0.39 is 0 Å². The zero-order chi connectivity index (χ0) is 17.7. The van der Waals surface area contributed by atoms with Crippen LogP contribution in [0.4, 0.5) is 0 Å². The predicted octanol–water partition coefficient (Wildman–Crippen LogP) is 1.00. The zero-order valence-corrected chi connectivity index (χ0v) is 14.4. The Kier molecular flexibility index (Phi) is 7.90. The van der Waals surface area contributed by atoms with Gasteiger partial charge in [-0.2, -0.15) is 0 Å². The second-order valence-corrected chi connectivity index (χ2v) is 5.26. The Labute approximate surface area is 148 Å². The van der Waals surface area contributed by atoms with Crippen LogP contribution in [-0.4, -0.2) is 48.0 Å². The van der Waals surface area contributed by atoms with Crippen molar-refractivity contribution in [3.63, 3.8) is 0 Å². The van der Waals surface area contributed by atoms with Crippen molar-refractivity contribution >= 4 is 11.9 Å². The van der Waals surface area contributed by atoms with Gasteiger partial charge in [-0.15, -0.1) is 0 Å². The molecule has 0 bridgehead atoms. The summed E-state index contributed by atoms with van der Waals surface area (Å²) < 4.78 is 0. The number of amides is 1. The second-order valence-electron chi connectivity index (χ2n) is 5.26. The second kappa shape index (κ2) is 10.7. The van der Waals surface area contributed by atoms with E-state index in [2.05, 4.69) is 30.9 Å². The van der Waals surface area contributed by atoms with Crippen molar-refractivity contribution in [1.29, 1.82) is 0 Å². The third-order valence-electron chi connectivity index (χ3n) is 3.33. The van der Waals surface area contributed by atoms with Gasteiger partial charge in [0.1, 0.15) is 0 Å². The van der Waals surface area contributed by atoms with Crippen LogP contribution in [0, 0.1) is 0 Å². The van der Waals surface area contributed by atoms with E-state index in [1.807, 2.05) is 25.1 Å². The number of aliphatic imine (C=N–C) groups is 1. The summed E-state index contributed by atoms with van der Waals surface area (Å²) in [6, 6.07) is 9.34. The summed E-state index contributed by atoms with van der Waals surface area (Å²) in [4.78, 5) is 24.6. The molecular weight excluding hydrogens is 316 g/mol. The fourth-order valence-corrected chi connectivity index (χ4v) is 2.13. The highest BCUT2D eigenvalue weighted by molar-refractivity contribution is 5.93. The minimum Gasteiger partial charge on any atom is -0.357 e. The SMILES string of the molecule is CCNC(=NCCc1ccccn1)NCCNC(=O)c1cccnc1. The first-order valence-corrected chi connectivity index (χ1v) is 8.40. The van der Waals surface area contributed by atoms with Gasteiger partial charge in [0.05, 0.1) is 5.56 Å². The van der Waals surface area contributed by atoms with Gasteiger partial charge in [0.2, 0.25) is 0 Å². The van der Waals surface area contributed by atoms with E-state index in [-0.39, 0.29) is 5.91 Å². The number of carbonyl (C=O) groups is 1. The molecule has 132 valence electrons. The van der Waals surface area contributed by atoms with E-state index >= 15 is 0 Å². The van der Waals surface area contributed by atoms with Crippen LogP contribution in [0.25, 0.3) is 0 Å². The molecule has 0 atom stereocenters. The average molecular weight is 340 g/mol. The van der Waals surface area contributed by atoms with Gasteiger partial charge in [-0.05, 0) is 31.2 Å². The molecule has 1 amide bonds. The van der Waals surface area contributed by atoms with Gasteiger partial charge in [-0.1, -0.05) is 6.07 Å². The summed E-state index contributed by atoms with van der Waals surface area (Å²) in [7, 11) is 0. The van der Waals surface area contributed by atoms with E-state index in [4.69, 9.17) is 0 Å². The lowest BCUT2D eigenvalue weighted by atomic mass is 10.3. The van der Waals surface area contributed by atoms with Crippen molar-refractivity contribution in [3.8, 4) is 0 Å². The van der Waals surface area contributed by atoms with E-state index in [0.29, 0.717) is 25.2 Å². The van der Waals surface area contributed by atoms with Crippen LogP contribution < -0.4 is 16.0 Å². The number of carbonyl (C=O) groups excluding carboxylic acids is 1. The van der Waals surface area contributed by atoms with Crippen molar-refractivity contribution in [3.05, 3.63) is 60.2 Å². The molecular formula is C18H24N6O. The molecule has 2 aromatic rings. The van der Waals surface area contributed by atoms with Crippen LogP contribution in [0.3, 0.4) is 0 Å². The van der Waals surface area contributed by atoms with Crippen LogP contribution >= 0.6 is 0 Å². The largest absolute Gasteiger partial charge is 0.357 e. The summed E-state index contributed by atoms with van der Waals surface area (Å²) in [6.07, 6.45) is 5.76. The Bertz CT molecular complexity index is 660. The molecule has 25 heavy (non-hydrogen) atoms. The van der Waals surface area contributed by atoms with Gasteiger partial charge in [-0.3, -0.25) is 19.8 Å². The van der Waals surface area contributed by atoms with E-state index in [0.717, 1.165) is 24.6 Å². The maximum absolute atomic E-state index is 11.9. The third-order valence-corrected chi connectivity index (χ3v) is 3.33. The van der Waals surface area contributed by atoms with Crippen molar-refractivity contribution in [1.82, 2.24) is 25.9 Å². The van der Waals surface area contributed by atoms with Crippen LogP contribution in [0.2, 0.25) is 0 Å². The lowest BCUT2D eigenvalue weighted by Gasteiger charge is -2.11. The number of hydrogen-bond donors (Lipinski definition) is 3. The summed E-state index contributed by atoms with van der Waals surface area (Å²) in [5.74, 6) is 0.598. The molecule has 0 saturated carbocycles. The predicted molar refractivity (Wildman–Crippen MR) is 98.5 cm³/mol. The minimum atomic E-state index is -0.132. The molecule has 2 aromatic heterocycles. The normalized spacial score (nSPS) is 11.0. The topological polar surface area (TPSA) is 91.3 Å².